The van der Waals surface area contributed by atoms with Crippen molar-refractivity contribution in [2.45, 2.75) is 32.9 Å². The molecule has 23 heavy (non-hydrogen) atoms. The van der Waals surface area contributed by atoms with Crippen molar-refractivity contribution in [1.82, 2.24) is 15.0 Å². The summed E-state index contributed by atoms with van der Waals surface area (Å²) in [4.78, 5) is 13.8. The van der Waals surface area contributed by atoms with Crippen molar-refractivity contribution in [3.05, 3.63) is 32.1 Å². The van der Waals surface area contributed by atoms with E-state index in [1.807, 2.05) is 13.8 Å². The van der Waals surface area contributed by atoms with Crippen molar-refractivity contribution in [2.75, 3.05) is 5.32 Å². The van der Waals surface area contributed by atoms with Crippen LogP contribution >= 0.6 is 34.3 Å². The van der Waals surface area contributed by atoms with Gasteiger partial charge in [-0.3, -0.25) is 0 Å². The molecule has 122 valence electrons. The van der Waals surface area contributed by atoms with Gasteiger partial charge in [0.25, 0.3) is 0 Å². The SMILES string of the molecule is Cc1c(C[C@H](C)N)sc2c(NCc3ncc(F)s3)nc(Cl)nc12. The summed E-state index contributed by atoms with van der Waals surface area (Å²) < 4.78 is 13.9. The first-order valence-electron chi connectivity index (χ1n) is 6.99. The molecule has 0 saturated heterocycles. The Morgan fingerprint density at radius 2 is 2.17 bits per heavy atom. The molecule has 0 aliphatic carbocycles. The lowest BCUT2D eigenvalue weighted by Crippen LogP contribution is -2.17. The lowest BCUT2D eigenvalue weighted by Gasteiger charge is -2.05. The number of rotatable bonds is 5. The van der Waals surface area contributed by atoms with Crippen LogP contribution in [0, 0.1) is 12.1 Å². The Hall–Kier alpha value is -1.35. The van der Waals surface area contributed by atoms with E-state index in [4.69, 9.17) is 17.3 Å². The number of fused-ring (bicyclic) bond motifs is 1. The Kier molecular flexibility index (Phi) is 4.77. The lowest BCUT2D eigenvalue weighted by molar-refractivity contribution is 0.653. The summed E-state index contributed by atoms with van der Waals surface area (Å²) in [5.74, 6) is 0.639. The second kappa shape index (κ2) is 6.64. The molecule has 0 aliphatic heterocycles. The molecule has 0 radical (unpaired) electrons. The average molecular weight is 372 g/mol. The van der Waals surface area contributed by atoms with Crippen molar-refractivity contribution in [2.24, 2.45) is 5.73 Å². The van der Waals surface area contributed by atoms with Crippen LogP contribution in [0.2, 0.25) is 5.28 Å². The number of hydrogen-bond acceptors (Lipinski definition) is 7. The number of nitrogens with one attached hydrogen (secondary N) is 1. The van der Waals surface area contributed by atoms with Crippen molar-refractivity contribution < 1.29 is 4.39 Å². The molecule has 9 heteroatoms. The molecule has 3 aromatic rings. The largest absolute Gasteiger partial charge is 0.362 e. The average Bonchev–Trinajstić information content (AvgIpc) is 3.02. The minimum absolute atomic E-state index is 0.0693. The smallest absolute Gasteiger partial charge is 0.224 e. The zero-order valence-electron chi connectivity index (χ0n) is 12.6. The molecular formula is C14H15ClFN5S2. The summed E-state index contributed by atoms with van der Waals surface area (Å²) in [5, 5.41) is 3.70. The van der Waals surface area contributed by atoms with Gasteiger partial charge in [0, 0.05) is 10.9 Å². The molecule has 3 rings (SSSR count). The van der Waals surface area contributed by atoms with Crippen molar-refractivity contribution >= 4 is 50.3 Å². The predicted molar refractivity (Wildman–Crippen MR) is 93.9 cm³/mol. The normalized spacial score (nSPS) is 12.7. The van der Waals surface area contributed by atoms with Crippen molar-refractivity contribution in [1.29, 1.82) is 0 Å². The number of halogens is 2. The van der Waals surface area contributed by atoms with Gasteiger partial charge in [-0.2, -0.15) is 9.37 Å². The molecule has 5 nitrogen and oxygen atoms in total. The Bertz CT molecular complexity index is 845. The van der Waals surface area contributed by atoms with Gasteiger partial charge in [-0.1, -0.05) is 11.3 Å². The third kappa shape index (κ3) is 3.60. The summed E-state index contributed by atoms with van der Waals surface area (Å²) in [6, 6.07) is 0.0693. The highest BCUT2D eigenvalue weighted by atomic mass is 35.5. The van der Waals surface area contributed by atoms with Gasteiger partial charge < -0.3 is 11.1 Å². The molecule has 3 heterocycles. The molecule has 0 unspecified atom stereocenters. The number of thiophene rings is 1. The van der Waals surface area contributed by atoms with E-state index in [-0.39, 0.29) is 16.5 Å². The van der Waals surface area contributed by atoms with E-state index in [2.05, 4.69) is 20.3 Å². The van der Waals surface area contributed by atoms with Crippen LogP contribution in [-0.2, 0) is 13.0 Å². The van der Waals surface area contributed by atoms with Crippen molar-refractivity contribution in [3.8, 4) is 0 Å². The van der Waals surface area contributed by atoms with E-state index >= 15 is 0 Å². The summed E-state index contributed by atoms with van der Waals surface area (Å²) in [6.45, 7) is 4.37. The summed E-state index contributed by atoms with van der Waals surface area (Å²) in [5.41, 5.74) is 7.82. The monoisotopic (exact) mass is 371 g/mol. The number of aryl methyl sites for hydroxylation is 1. The van der Waals surface area contributed by atoms with E-state index in [0.717, 1.165) is 33.5 Å². The van der Waals surface area contributed by atoms with E-state index < -0.39 is 0 Å². The third-order valence-electron chi connectivity index (χ3n) is 3.28. The highest BCUT2D eigenvalue weighted by Crippen LogP contribution is 2.35. The zero-order valence-corrected chi connectivity index (χ0v) is 14.9. The Labute approximate surface area is 145 Å². The highest BCUT2D eigenvalue weighted by molar-refractivity contribution is 7.19. The van der Waals surface area contributed by atoms with E-state index in [1.165, 1.54) is 11.1 Å². The van der Waals surface area contributed by atoms with E-state index in [0.29, 0.717) is 17.4 Å². The standard InChI is InChI=1S/C14H15ClFN5S2/c1-6(17)3-8-7(2)11-12(22-8)13(21-14(15)20-11)19-5-10-18-4-9(16)23-10/h4,6H,3,5,17H2,1-2H3,(H,19,20,21)/t6-/m0/s1. The van der Waals surface area contributed by atoms with Gasteiger partial charge in [-0.05, 0) is 37.4 Å². The second-order valence-corrected chi connectivity index (χ2v) is 7.77. The van der Waals surface area contributed by atoms with Gasteiger partial charge in [-0.15, -0.1) is 11.3 Å². The van der Waals surface area contributed by atoms with Crippen LogP contribution in [0.3, 0.4) is 0 Å². The highest BCUT2D eigenvalue weighted by Gasteiger charge is 2.16. The fourth-order valence-electron chi connectivity index (χ4n) is 2.24. The van der Waals surface area contributed by atoms with Crippen LogP contribution in [0.15, 0.2) is 6.20 Å². The molecule has 0 amide bonds. The summed E-state index contributed by atoms with van der Waals surface area (Å²) in [7, 11) is 0. The van der Waals surface area contributed by atoms with E-state index in [9.17, 15) is 4.39 Å². The lowest BCUT2D eigenvalue weighted by atomic mass is 10.1. The maximum Gasteiger partial charge on any atom is 0.224 e. The molecule has 1 atom stereocenters. The molecule has 0 saturated carbocycles. The number of aromatic nitrogens is 3. The minimum Gasteiger partial charge on any atom is -0.362 e. The van der Waals surface area contributed by atoms with Gasteiger partial charge in [0.2, 0.25) is 5.28 Å². The fraction of sp³-hybridized carbons (Fsp3) is 0.357. The summed E-state index contributed by atoms with van der Waals surface area (Å²) in [6.07, 6.45) is 1.99. The fourth-order valence-corrected chi connectivity index (χ4v) is 4.34. The Balaban J connectivity index is 1.95. The quantitative estimate of drug-likeness (QED) is 0.668. The molecule has 0 bridgehead atoms. The van der Waals surface area contributed by atoms with Crippen LogP contribution in [0.5, 0.6) is 0 Å². The first kappa shape index (κ1) is 16.5. The molecule has 3 N–H and O–H groups in total. The number of thiazole rings is 1. The van der Waals surface area contributed by atoms with Gasteiger partial charge in [-0.25, -0.2) is 9.97 Å². The maximum atomic E-state index is 13.0. The maximum absolute atomic E-state index is 13.0. The first-order chi connectivity index (χ1) is 10.9. The Morgan fingerprint density at radius 1 is 1.39 bits per heavy atom. The molecular weight excluding hydrogens is 357 g/mol. The number of nitrogens with zero attached hydrogens (tertiary/aromatic N) is 3. The van der Waals surface area contributed by atoms with Crippen molar-refractivity contribution in [3.63, 3.8) is 0 Å². The first-order valence-corrected chi connectivity index (χ1v) is 9.00. The molecule has 0 aromatic carbocycles. The zero-order chi connectivity index (χ0) is 16.6. The van der Waals surface area contributed by atoms with Crippen LogP contribution in [0.1, 0.15) is 22.4 Å². The number of anilines is 1. The summed E-state index contributed by atoms with van der Waals surface area (Å²) >= 11 is 8.66. The van der Waals surface area contributed by atoms with Gasteiger partial charge in [0.05, 0.1) is 23.0 Å². The molecule has 0 fully saturated rings. The van der Waals surface area contributed by atoms with Gasteiger partial charge >= 0.3 is 0 Å². The topological polar surface area (TPSA) is 76.7 Å². The number of nitrogens with two attached hydrogens (primary N) is 1. The molecule has 0 aliphatic rings. The number of hydrogen-bond donors (Lipinski definition) is 2. The second-order valence-electron chi connectivity index (χ2n) is 5.26. The van der Waals surface area contributed by atoms with Crippen LogP contribution in [0.4, 0.5) is 10.2 Å². The molecule has 0 spiro atoms. The van der Waals surface area contributed by atoms with Crippen LogP contribution in [0.25, 0.3) is 10.2 Å². The predicted octanol–water partition coefficient (Wildman–Crippen LogP) is 3.75. The Morgan fingerprint density at radius 3 is 2.83 bits per heavy atom. The van der Waals surface area contributed by atoms with Crippen LogP contribution < -0.4 is 11.1 Å². The molecule has 3 aromatic heterocycles. The minimum atomic E-state index is -0.307. The van der Waals surface area contributed by atoms with E-state index in [1.54, 1.807) is 11.3 Å². The van der Waals surface area contributed by atoms with Gasteiger partial charge in [0.15, 0.2) is 5.13 Å². The van der Waals surface area contributed by atoms with Crippen LogP contribution in [-0.4, -0.2) is 21.0 Å². The third-order valence-corrected chi connectivity index (χ3v) is 5.54. The van der Waals surface area contributed by atoms with Gasteiger partial charge in [0.1, 0.15) is 10.8 Å².